The van der Waals surface area contributed by atoms with Crippen molar-refractivity contribution in [3.05, 3.63) is 41.2 Å². The number of ether oxygens (including phenoxy) is 1. The normalized spacial score (nSPS) is 25.7. The Kier molecular flexibility index (Phi) is 6.14. The molecule has 2 atom stereocenters. The predicted octanol–water partition coefficient (Wildman–Crippen LogP) is 3.21. The lowest BCUT2D eigenvalue weighted by atomic mass is 9.80. The Labute approximate surface area is 186 Å². The second kappa shape index (κ2) is 8.68. The van der Waals surface area contributed by atoms with E-state index in [-0.39, 0.29) is 36.4 Å². The molecule has 2 N–H and O–H groups in total. The summed E-state index contributed by atoms with van der Waals surface area (Å²) in [4.78, 5) is 8.98. The summed E-state index contributed by atoms with van der Waals surface area (Å²) in [5, 5.41) is 18.3. The maximum atomic E-state index is 14.6. The van der Waals surface area contributed by atoms with Crippen LogP contribution in [0.2, 0.25) is 0 Å². The first-order valence-electron chi connectivity index (χ1n) is 10.5. The van der Waals surface area contributed by atoms with E-state index in [1.807, 2.05) is 19.2 Å². The van der Waals surface area contributed by atoms with Crippen LogP contribution in [0.25, 0.3) is 16.7 Å². The minimum absolute atomic E-state index is 0. The number of hydrogen-bond acceptors (Lipinski definition) is 6. The molecule has 2 unspecified atom stereocenters. The fourth-order valence-electron chi connectivity index (χ4n) is 4.63. The molecule has 1 aliphatic heterocycles. The van der Waals surface area contributed by atoms with E-state index < -0.39 is 6.17 Å². The van der Waals surface area contributed by atoms with E-state index in [1.54, 1.807) is 11.8 Å². The molecule has 0 amide bonds. The molecule has 0 spiro atoms. The molecule has 2 aromatic heterocycles. The molecule has 3 heterocycles. The minimum atomic E-state index is -0.901. The second-order valence-electron chi connectivity index (χ2n) is 8.40. The van der Waals surface area contributed by atoms with Gasteiger partial charge in [0.25, 0.3) is 0 Å². The van der Waals surface area contributed by atoms with Crippen LogP contribution >= 0.6 is 12.4 Å². The lowest BCUT2D eigenvalue weighted by Gasteiger charge is -2.31. The van der Waals surface area contributed by atoms with Gasteiger partial charge in [0.1, 0.15) is 6.17 Å². The van der Waals surface area contributed by atoms with Crippen LogP contribution in [0.15, 0.2) is 24.4 Å². The third kappa shape index (κ3) is 4.00. The fourth-order valence-corrected chi connectivity index (χ4v) is 4.63. The molecule has 9 heteroatoms. The number of nitrogens with one attached hydrogen (secondary N) is 1. The average Bonchev–Trinajstić information content (AvgIpc) is 3.13. The van der Waals surface area contributed by atoms with Gasteiger partial charge in [-0.25, -0.2) is 9.07 Å². The maximum absolute atomic E-state index is 14.6. The van der Waals surface area contributed by atoms with E-state index in [0.29, 0.717) is 25.2 Å². The van der Waals surface area contributed by atoms with Crippen molar-refractivity contribution < 1.29 is 14.2 Å². The van der Waals surface area contributed by atoms with E-state index in [9.17, 15) is 9.50 Å². The first kappa shape index (κ1) is 21.9. The molecular formula is C22H27ClFN5O2. The van der Waals surface area contributed by atoms with E-state index in [2.05, 4.69) is 32.5 Å². The third-order valence-corrected chi connectivity index (χ3v) is 6.41. The Morgan fingerprint density at radius 1 is 1.23 bits per heavy atom. The zero-order valence-corrected chi connectivity index (χ0v) is 18.4. The minimum Gasteiger partial charge on any atom is -0.467 e. The molecule has 31 heavy (non-hydrogen) atoms. The number of piperidine rings is 1. The van der Waals surface area contributed by atoms with Gasteiger partial charge in [-0.3, -0.25) is 0 Å². The molecule has 1 saturated heterocycles. The van der Waals surface area contributed by atoms with Gasteiger partial charge < -0.3 is 15.2 Å². The van der Waals surface area contributed by atoms with Crippen LogP contribution in [0.4, 0.5) is 4.39 Å². The fraction of sp³-hybridized carbons (Fsp3) is 0.500. The highest BCUT2D eigenvalue weighted by Crippen LogP contribution is 2.37. The molecule has 0 bridgehead atoms. The molecule has 166 valence electrons. The summed E-state index contributed by atoms with van der Waals surface area (Å²) in [5.74, 6) is 0.688. The van der Waals surface area contributed by atoms with Crippen molar-refractivity contribution in [3.63, 3.8) is 0 Å². The summed E-state index contributed by atoms with van der Waals surface area (Å²) in [5.41, 5.74) is 3.85. The number of methoxy groups -OCH3 is 1. The van der Waals surface area contributed by atoms with Crippen LogP contribution in [0.3, 0.4) is 0 Å². The smallest absolute Gasteiger partial charge is 0.318 e. The van der Waals surface area contributed by atoms with Gasteiger partial charge in [0.2, 0.25) is 0 Å². The number of aromatic nitrogens is 4. The van der Waals surface area contributed by atoms with Crippen LogP contribution in [0.1, 0.15) is 47.9 Å². The summed E-state index contributed by atoms with van der Waals surface area (Å²) in [7, 11) is 1.54. The van der Waals surface area contributed by atoms with Crippen LogP contribution in [-0.2, 0) is 0 Å². The second-order valence-corrected chi connectivity index (χ2v) is 8.40. The Morgan fingerprint density at radius 3 is 2.74 bits per heavy atom. The number of benzene rings is 1. The molecule has 1 saturated carbocycles. The van der Waals surface area contributed by atoms with Crippen molar-refractivity contribution in [3.8, 4) is 11.8 Å². The first-order valence-corrected chi connectivity index (χ1v) is 10.5. The quantitative estimate of drug-likeness (QED) is 0.638. The summed E-state index contributed by atoms with van der Waals surface area (Å²) in [6.45, 7) is 3.25. The van der Waals surface area contributed by atoms with Gasteiger partial charge in [-0.2, -0.15) is 15.1 Å². The maximum Gasteiger partial charge on any atom is 0.318 e. The van der Waals surface area contributed by atoms with Gasteiger partial charge in [0.05, 0.1) is 30.6 Å². The van der Waals surface area contributed by atoms with Crippen LogP contribution < -0.4 is 10.1 Å². The Morgan fingerprint density at radius 2 is 2.03 bits per heavy atom. The van der Waals surface area contributed by atoms with Crippen molar-refractivity contribution in [1.29, 1.82) is 0 Å². The molecular weight excluding hydrogens is 421 g/mol. The van der Waals surface area contributed by atoms with Gasteiger partial charge >= 0.3 is 6.01 Å². The van der Waals surface area contributed by atoms with Crippen molar-refractivity contribution >= 4 is 23.3 Å². The monoisotopic (exact) mass is 447 g/mol. The Bertz CT molecular complexity index is 1090. The highest BCUT2D eigenvalue weighted by atomic mass is 35.5. The van der Waals surface area contributed by atoms with Crippen molar-refractivity contribution in [2.75, 3.05) is 20.2 Å². The van der Waals surface area contributed by atoms with E-state index in [0.717, 1.165) is 40.7 Å². The van der Waals surface area contributed by atoms with Crippen LogP contribution in [0, 0.1) is 6.92 Å². The summed E-state index contributed by atoms with van der Waals surface area (Å²) < 4.78 is 21.7. The van der Waals surface area contributed by atoms with Gasteiger partial charge in [0.15, 0.2) is 5.82 Å². The summed E-state index contributed by atoms with van der Waals surface area (Å²) in [6.07, 6.45) is 2.79. The molecule has 2 fully saturated rings. The van der Waals surface area contributed by atoms with Gasteiger partial charge in [0, 0.05) is 29.8 Å². The summed E-state index contributed by atoms with van der Waals surface area (Å²) >= 11 is 0. The zero-order valence-electron chi connectivity index (χ0n) is 17.6. The van der Waals surface area contributed by atoms with Crippen molar-refractivity contribution in [2.24, 2.45) is 0 Å². The zero-order chi connectivity index (χ0) is 20.8. The lowest BCUT2D eigenvalue weighted by molar-refractivity contribution is 0.0729. The number of nitrogens with zero attached hydrogens (tertiary/aromatic N) is 4. The van der Waals surface area contributed by atoms with Gasteiger partial charge in [-0.05, 0) is 56.0 Å². The molecule has 7 nitrogen and oxygen atoms in total. The van der Waals surface area contributed by atoms with Gasteiger partial charge in [-0.1, -0.05) is 0 Å². The molecule has 1 aliphatic carbocycles. The van der Waals surface area contributed by atoms with E-state index >= 15 is 0 Å². The number of rotatable bonds is 4. The highest BCUT2D eigenvalue weighted by molar-refractivity contribution is 5.85. The van der Waals surface area contributed by atoms with Gasteiger partial charge in [-0.15, -0.1) is 12.4 Å². The number of aliphatic hydroxyl groups excluding tert-OH is 1. The standard InChI is InChI=1S/C22H26FN5O2.ClH/c1-12-5-14-10-25-28(20(14)8-17(12)16-3-4-24-11-18(16)23)21-9-19(13-6-15(29)7-13)26-22(27-21)30-2;/h5,8-10,13,15-16,18,24,29H,3-4,6-7,11H2,1-2H3;1H/t13-,15+,16?,18?;. The van der Waals surface area contributed by atoms with Crippen LogP contribution in [0.5, 0.6) is 6.01 Å². The molecule has 3 aromatic rings. The number of halogens is 2. The lowest BCUT2D eigenvalue weighted by Crippen LogP contribution is -2.36. The molecule has 2 aliphatic rings. The van der Waals surface area contributed by atoms with Crippen molar-refractivity contribution in [2.45, 2.75) is 50.3 Å². The molecule has 0 radical (unpaired) electrons. The highest BCUT2D eigenvalue weighted by Gasteiger charge is 2.31. The number of aliphatic hydroxyl groups is 1. The van der Waals surface area contributed by atoms with E-state index in [4.69, 9.17) is 4.74 Å². The Hall–Kier alpha value is -2.29. The average molecular weight is 448 g/mol. The molecule has 1 aromatic carbocycles. The number of hydrogen-bond donors (Lipinski definition) is 2. The third-order valence-electron chi connectivity index (χ3n) is 6.41. The van der Waals surface area contributed by atoms with Crippen LogP contribution in [-0.4, -0.2) is 57.3 Å². The SMILES string of the molecule is COc1nc(-n2ncc3cc(C)c(C4CCNCC4F)cc32)cc([C@H]2C[C@@H](O)C2)n1.Cl. The largest absolute Gasteiger partial charge is 0.467 e. The first-order chi connectivity index (χ1) is 14.5. The predicted molar refractivity (Wildman–Crippen MR) is 118 cm³/mol. The van der Waals surface area contributed by atoms with E-state index in [1.165, 1.54) is 0 Å². The van der Waals surface area contributed by atoms with Crippen molar-refractivity contribution in [1.82, 2.24) is 25.1 Å². The number of aryl methyl sites for hydroxylation is 1. The summed E-state index contributed by atoms with van der Waals surface area (Å²) in [6, 6.07) is 6.32. The molecule has 5 rings (SSSR count). The number of fused-ring (bicyclic) bond motifs is 1. The number of alkyl halides is 1. The topological polar surface area (TPSA) is 85.1 Å². The Balaban J connectivity index is 0.00000231.